The Morgan fingerprint density at radius 1 is 0.556 bits per heavy atom. The highest BCUT2D eigenvalue weighted by Gasteiger charge is 2.44. The van der Waals surface area contributed by atoms with Gasteiger partial charge in [-0.15, -0.1) is 0 Å². The monoisotopic (exact) mass is 880 g/mol. The number of amides is 1. The summed E-state index contributed by atoms with van der Waals surface area (Å²) in [5.41, 5.74) is 17.6. The first kappa shape index (κ1) is 38.4. The molecule has 3 N–H and O–H groups in total. The quantitative estimate of drug-likeness (QED) is 0.155. The molecule has 0 saturated carbocycles. The largest absolute Gasteiger partial charge is 0.354 e. The maximum Gasteiger partial charge on any atom is 0.236 e. The topological polar surface area (TPSA) is 89.7 Å². The van der Waals surface area contributed by atoms with Gasteiger partial charge in [-0.2, -0.15) is 0 Å². The van der Waals surface area contributed by atoms with Crippen LogP contribution in [0.2, 0.25) is 0 Å². The number of nitrogens with zero attached hydrogens (tertiary/aromatic N) is 3. The molecule has 304 valence electrons. The molecule has 0 radical (unpaired) electrons. The Balaban J connectivity index is 1.30. The first-order valence-electron chi connectivity index (χ1n) is 21.0. The zero-order valence-corrected chi connectivity index (χ0v) is 36.5. The molecule has 8 heteroatoms. The van der Waals surface area contributed by atoms with Crippen LogP contribution in [0.4, 0.5) is 11.4 Å². The first-order chi connectivity index (χ1) is 30.7. The van der Waals surface area contributed by atoms with Crippen molar-refractivity contribution in [2.24, 2.45) is 0 Å². The molecule has 3 aromatic heterocycles. The Hall–Kier alpha value is -7.55. The van der Waals surface area contributed by atoms with Crippen molar-refractivity contribution in [1.82, 2.24) is 19.9 Å². The summed E-state index contributed by atoms with van der Waals surface area (Å²) in [4.78, 5) is 34.4. The molecule has 6 heterocycles. The fourth-order valence-electron chi connectivity index (χ4n) is 9.32. The second-order valence-electron chi connectivity index (χ2n) is 16.6. The van der Waals surface area contributed by atoms with E-state index in [0.717, 1.165) is 116 Å². The number of benzene rings is 5. The Morgan fingerprint density at radius 3 is 1.46 bits per heavy atom. The van der Waals surface area contributed by atoms with E-state index in [1.54, 1.807) is 4.90 Å². The summed E-state index contributed by atoms with van der Waals surface area (Å²) in [6.45, 7) is 3.98. The molecule has 8 aromatic rings. The van der Waals surface area contributed by atoms with E-state index in [4.69, 9.17) is 9.97 Å². The van der Waals surface area contributed by atoms with E-state index in [0.29, 0.717) is 0 Å². The predicted octanol–water partition coefficient (Wildman–Crippen LogP) is 13.8. The van der Waals surface area contributed by atoms with Gasteiger partial charge in [0.1, 0.15) is 0 Å². The molecule has 63 heavy (non-hydrogen) atoms. The Kier molecular flexibility index (Phi) is 9.21. The molecule has 3 aliphatic heterocycles. The molecule has 0 saturated heterocycles. The molecule has 1 amide bonds. The molecule has 0 aliphatic carbocycles. The number of carbonyl (C=O) groups is 1. The number of hydrogen-bond donors (Lipinski definition) is 3. The van der Waals surface area contributed by atoms with Gasteiger partial charge in [0.2, 0.25) is 5.91 Å². The molecule has 11 rings (SSSR count). The zero-order chi connectivity index (χ0) is 42.8. The first-order valence-corrected chi connectivity index (χ1v) is 21.8. The van der Waals surface area contributed by atoms with E-state index >= 15 is 0 Å². The number of carbonyl (C=O) groups excluding carboxylic acids is 1. The lowest BCUT2D eigenvalue weighted by molar-refractivity contribution is -0.121. The lowest BCUT2D eigenvalue weighted by Crippen LogP contribution is -2.33. The van der Waals surface area contributed by atoms with Gasteiger partial charge < -0.3 is 20.2 Å². The van der Waals surface area contributed by atoms with E-state index in [1.807, 2.05) is 51.2 Å². The Labute approximate surface area is 373 Å². The number of H-pyrrole nitrogens is 2. The van der Waals surface area contributed by atoms with Crippen LogP contribution in [-0.4, -0.2) is 32.9 Å². The third kappa shape index (κ3) is 6.53. The van der Waals surface area contributed by atoms with Crippen molar-refractivity contribution in [2.45, 2.75) is 19.3 Å². The summed E-state index contributed by atoms with van der Waals surface area (Å²) < 4.78 is 0.877. The summed E-state index contributed by atoms with van der Waals surface area (Å²) in [6.07, 6.45) is 6.39. The molecule has 0 spiro atoms. The number of halogens is 1. The molecule has 5 aromatic carbocycles. The lowest BCUT2D eigenvalue weighted by atomic mass is 9.86. The van der Waals surface area contributed by atoms with Crippen LogP contribution in [0.1, 0.15) is 42.2 Å². The number of fused-ring (bicyclic) bond motifs is 9. The molecule has 0 fully saturated rings. The SMILES string of the molecule is CN1C(=O)C(C)(C)c2cc(Br)cc(NC3=Cc4nc3c(-c3ccccc3)c3ccc([nH]3)c(-c3ccccc3)c3nc(c(-c5ccccc5)c5ccc([nH]5)c4-c4ccccc4)C=C3)c21. The molecule has 8 bridgehead atoms. The number of anilines is 2. The molecule has 0 unspecified atom stereocenters. The van der Waals surface area contributed by atoms with Gasteiger partial charge in [0.05, 0.1) is 45.3 Å². The van der Waals surface area contributed by atoms with Crippen molar-refractivity contribution in [3.63, 3.8) is 0 Å². The highest BCUT2D eigenvalue weighted by molar-refractivity contribution is 9.10. The minimum absolute atomic E-state index is 0.0405. The van der Waals surface area contributed by atoms with E-state index in [1.165, 1.54) is 0 Å². The summed E-state index contributed by atoms with van der Waals surface area (Å²) in [7, 11) is 1.86. The number of nitrogens with one attached hydrogen (secondary N) is 3. The van der Waals surface area contributed by atoms with Gasteiger partial charge in [0.15, 0.2) is 0 Å². The van der Waals surface area contributed by atoms with Crippen LogP contribution in [0, 0.1) is 0 Å². The van der Waals surface area contributed by atoms with E-state index in [2.05, 4.69) is 177 Å². The second kappa shape index (κ2) is 15.1. The predicted molar refractivity (Wildman–Crippen MR) is 264 cm³/mol. The van der Waals surface area contributed by atoms with Gasteiger partial charge in [-0.3, -0.25) is 4.79 Å². The van der Waals surface area contributed by atoms with Crippen molar-refractivity contribution in [2.75, 3.05) is 17.3 Å². The standard InChI is InChI=1S/C55H41BrN6O/c1-55(2)38-30-37(56)31-47(53(38)62(3)54(55)63)60-46-32-45-50(35-20-12-6-13-21-35)43-27-26-41(58-43)48(33-16-8-4-9-17-33)39-24-25-40(57-39)49(34-18-10-5-11-19-34)42-28-29-44(59-42)51(52(46)61-45)36-22-14-7-15-23-36/h4-32,58-60H,1-3H3. The maximum absolute atomic E-state index is 13.8. The fraction of sp³-hybridized carbons (Fsp3) is 0.0727. The minimum atomic E-state index is -0.701. The normalized spacial score (nSPS) is 13.9. The fourth-order valence-corrected chi connectivity index (χ4v) is 9.78. The van der Waals surface area contributed by atoms with Crippen molar-refractivity contribution in [3.8, 4) is 44.5 Å². The average molecular weight is 882 g/mol. The summed E-state index contributed by atoms with van der Waals surface area (Å²) in [5.74, 6) is 0.0405. The molecular formula is C55H41BrN6O. The van der Waals surface area contributed by atoms with E-state index < -0.39 is 5.41 Å². The summed E-state index contributed by atoms with van der Waals surface area (Å²) in [6, 6.07) is 54.4. The van der Waals surface area contributed by atoms with Gasteiger partial charge in [-0.1, -0.05) is 137 Å². The van der Waals surface area contributed by atoms with Crippen molar-refractivity contribution < 1.29 is 4.79 Å². The van der Waals surface area contributed by atoms with Crippen LogP contribution in [0.3, 0.4) is 0 Å². The zero-order valence-electron chi connectivity index (χ0n) is 34.9. The number of aromatic nitrogens is 4. The van der Waals surface area contributed by atoms with Crippen molar-refractivity contribution in [1.29, 1.82) is 0 Å². The van der Waals surface area contributed by atoms with E-state index in [9.17, 15) is 4.79 Å². The lowest BCUT2D eigenvalue weighted by Gasteiger charge is -2.18. The molecule has 3 aliphatic rings. The van der Waals surface area contributed by atoms with Crippen LogP contribution in [0.15, 0.2) is 162 Å². The Morgan fingerprint density at radius 2 is 0.984 bits per heavy atom. The van der Waals surface area contributed by atoms with Gasteiger partial charge in [0.25, 0.3) is 0 Å². The highest BCUT2D eigenvalue weighted by Crippen LogP contribution is 2.48. The van der Waals surface area contributed by atoms with Gasteiger partial charge in [-0.25, -0.2) is 9.97 Å². The maximum atomic E-state index is 13.8. The van der Waals surface area contributed by atoms with Gasteiger partial charge in [-0.05, 0) is 96.3 Å². The van der Waals surface area contributed by atoms with Gasteiger partial charge >= 0.3 is 0 Å². The molecule has 0 atom stereocenters. The molecular weight excluding hydrogens is 841 g/mol. The third-order valence-electron chi connectivity index (χ3n) is 12.3. The molecule has 7 nitrogen and oxygen atoms in total. The van der Waals surface area contributed by atoms with E-state index in [-0.39, 0.29) is 5.91 Å². The van der Waals surface area contributed by atoms with Crippen molar-refractivity contribution >= 4 is 79.2 Å². The van der Waals surface area contributed by atoms with Crippen LogP contribution < -0.4 is 10.2 Å². The van der Waals surface area contributed by atoms with Crippen LogP contribution in [0.25, 0.3) is 90.5 Å². The second-order valence-corrected chi connectivity index (χ2v) is 17.5. The summed E-state index contributed by atoms with van der Waals surface area (Å²) in [5, 5.41) is 3.86. The van der Waals surface area contributed by atoms with Crippen LogP contribution >= 0.6 is 15.9 Å². The minimum Gasteiger partial charge on any atom is -0.354 e. The van der Waals surface area contributed by atoms with Crippen molar-refractivity contribution in [3.05, 3.63) is 191 Å². The third-order valence-corrected chi connectivity index (χ3v) is 12.8. The number of rotatable bonds is 6. The van der Waals surface area contributed by atoms with Gasteiger partial charge in [0, 0.05) is 55.8 Å². The Bertz CT molecular complexity index is 3370. The van der Waals surface area contributed by atoms with Crippen LogP contribution in [0.5, 0.6) is 0 Å². The number of hydrogen-bond acceptors (Lipinski definition) is 4. The smallest absolute Gasteiger partial charge is 0.236 e. The van der Waals surface area contributed by atoms with Crippen LogP contribution in [-0.2, 0) is 10.2 Å². The average Bonchev–Trinajstić information content (AvgIpc) is 4.16. The number of likely N-dealkylation sites (N-methyl/N-ethyl adjacent to an activating group) is 1. The number of aromatic amines is 2. The summed E-state index contributed by atoms with van der Waals surface area (Å²) >= 11 is 3.80. The highest BCUT2D eigenvalue weighted by atomic mass is 79.9.